The Morgan fingerprint density at radius 2 is 2.09 bits per heavy atom. The number of hydrogen-bond acceptors (Lipinski definition) is 2. The molecule has 116 valence electrons. The highest BCUT2D eigenvalue weighted by atomic mass is 35.5. The van der Waals surface area contributed by atoms with Gasteiger partial charge in [0.2, 0.25) is 5.91 Å². The van der Waals surface area contributed by atoms with E-state index >= 15 is 0 Å². The summed E-state index contributed by atoms with van der Waals surface area (Å²) in [5.41, 5.74) is 3.77. The Labute approximate surface area is 139 Å². The molecule has 4 nitrogen and oxygen atoms in total. The van der Waals surface area contributed by atoms with Crippen LogP contribution in [-0.2, 0) is 11.3 Å². The van der Waals surface area contributed by atoms with Crippen LogP contribution >= 0.6 is 11.6 Å². The van der Waals surface area contributed by atoms with E-state index in [4.69, 9.17) is 11.6 Å². The molecule has 1 aromatic carbocycles. The molecule has 3 rings (SSSR count). The molecule has 5 heteroatoms. The smallest absolute Gasteiger partial charge is 0.244 e. The number of carbonyl (C=O) groups is 1. The van der Waals surface area contributed by atoms with Crippen LogP contribution in [0, 0.1) is 6.92 Å². The van der Waals surface area contributed by atoms with E-state index in [1.54, 1.807) is 18.2 Å². The highest BCUT2D eigenvalue weighted by molar-refractivity contribution is 6.30. The lowest BCUT2D eigenvalue weighted by Gasteiger charge is -1.98. The van der Waals surface area contributed by atoms with Gasteiger partial charge in [-0.2, -0.15) is 0 Å². The second kappa shape index (κ2) is 6.67. The van der Waals surface area contributed by atoms with Crippen LogP contribution in [0.1, 0.15) is 16.8 Å². The fourth-order valence-corrected chi connectivity index (χ4v) is 2.40. The normalized spacial score (nSPS) is 11.2. The van der Waals surface area contributed by atoms with Gasteiger partial charge in [-0.1, -0.05) is 29.8 Å². The lowest BCUT2D eigenvalue weighted by Crippen LogP contribution is -2.20. The third kappa shape index (κ3) is 3.79. The summed E-state index contributed by atoms with van der Waals surface area (Å²) in [7, 11) is 0. The molecule has 1 amide bonds. The van der Waals surface area contributed by atoms with E-state index in [0.29, 0.717) is 11.6 Å². The number of halogens is 1. The van der Waals surface area contributed by atoms with E-state index in [1.165, 1.54) is 6.08 Å². The van der Waals surface area contributed by atoms with Crippen LogP contribution in [0.3, 0.4) is 0 Å². The second-order valence-corrected chi connectivity index (χ2v) is 5.69. The van der Waals surface area contributed by atoms with Crippen molar-refractivity contribution in [3.63, 3.8) is 0 Å². The molecule has 0 saturated heterocycles. The van der Waals surface area contributed by atoms with Gasteiger partial charge in [0.05, 0.1) is 12.2 Å². The van der Waals surface area contributed by atoms with Gasteiger partial charge in [-0.15, -0.1) is 0 Å². The zero-order valence-electron chi connectivity index (χ0n) is 12.7. The number of amides is 1. The number of aromatic nitrogens is 2. The molecular formula is C18H16ClN3O. The Morgan fingerprint density at radius 3 is 2.83 bits per heavy atom. The minimum absolute atomic E-state index is 0.159. The van der Waals surface area contributed by atoms with Crippen LogP contribution in [0.2, 0.25) is 5.02 Å². The molecule has 2 aromatic heterocycles. The van der Waals surface area contributed by atoms with Gasteiger partial charge in [0.1, 0.15) is 5.65 Å². The van der Waals surface area contributed by atoms with Crippen LogP contribution in [-0.4, -0.2) is 15.3 Å². The average molecular weight is 326 g/mol. The number of pyridine rings is 1. The van der Waals surface area contributed by atoms with E-state index in [2.05, 4.69) is 10.3 Å². The Bertz CT molecular complexity index is 866. The number of aryl methyl sites for hydroxylation is 1. The molecule has 2 heterocycles. The monoisotopic (exact) mass is 325 g/mol. The van der Waals surface area contributed by atoms with Crippen molar-refractivity contribution in [2.24, 2.45) is 0 Å². The zero-order valence-corrected chi connectivity index (χ0v) is 13.4. The van der Waals surface area contributed by atoms with Crippen molar-refractivity contribution < 1.29 is 4.79 Å². The maximum atomic E-state index is 11.9. The fraction of sp³-hybridized carbons (Fsp3) is 0.111. The van der Waals surface area contributed by atoms with Crippen LogP contribution in [0.4, 0.5) is 0 Å². The van der Waals surface area contributed by atoms with Crippen molar-refractivity contribution in [1.29, 1.82) is 0 Å². The molecule has 0 aliphatic rings. The summed E-state index contributed by atoms with van der Waals surface area (Å²) in [6.45, 7) is 2.41. The first-order valence-corrected chi connectivity index (χ1v) is 7.64. The molecular weight excluding hydrogens is 310 g/mol. The predicted molar refractivity (Wildman–Crippen MR) is 92.3 cm³/mol. The van der Waals surface area contributed by atoms with E-state index < -0.39 is 0 Å². The molecule has 3 aromatic rings. The van der Waals surface area contributed by atoms with Crippen LogP contribution in [0.15, 0.2) is 54.9 Å². The third-order valence-corrected chi connectivity index (χ3v) is 3.72. The first kappa shape index (κ1) is 15.3. The lowest BCUT2D eigenvalue weighted by molar-refractivity contribution is -0.116. The van der Waals surface area contributed by atoms with Gasteiger partial charge in [-0.25, -0.2) is 4.98 Å². The van der Waals surface area contributed by atoms with Gasteiger partial charge in [-0.05, 0) is 42.3 Å². The van der Waals surface area contributed by atoms with Crippen molar-refractivity contribution in [3.8, 4) is 0 Å². The van der Waals surface area contributed by atoms with Gasteiger partial charge in [0.15, 0.2) is 0 Å². The summed E-state index contributed by atoms with van der Waals surface area (Å²) in [6.07, 6.45) is 7.12. The number of rotatable bonds is 4. The number of hydrogen-bond donors (Lipinski definition) is 1. The van der Waals surface area contributed by atoms with Crippen molar-refractivity contribution in [3.05, 3.63) is 76.7 Å². The van der Waals surface area contributed by atoms with E-state index in [1.807, 2.05) is 48.0 Å². The van der Waals surface area contributed by atoms with E-state index in [9.17, 15) is 4.79 Å². The van der Waals surface area contributed by atoms with Crippen LogP contribution in [0.25, 0.3) is 11.7 Å². The van der Waals surface area contributed by atoms with E-state index in [0.717, 1.165) is 22.5 Å². The highest BCUT2D eigenvalue weighted by Crippen LogP contribution is 2.11. The Morgan fingerprint density at radius 1 is 1.30 bits per heavy atom. The molecule has 0 unspecified atom stereocenters. The Hall–Kier alpha value is -2.59. The zero-order chi connectivity index (χ0) is 16.2. The number of carbonyl (C=O) groups excluding carboxylic acids is 1. The summed E-state index contributed by atoms with van der Waals surface area (Å²) in [5.74, 6) is -0.159. The second-order valence-electron chi connectivity index (χ2n) is 5.26. The molecule has 0 spiro atoms. The molecule has 0 bridgehead atoms. The third-order valence-electron chi connectivity index (χ3n) is 3.47. The van der Waals surface area contributed by atoms with Crippen LogP contribution in [0.5, 0.6) is 0 Å². The minimum atomic E-state index is -0.159. The largest absolute Gasteiger partial charge is 0.347 e. The number of fused-ring (bicyclic) bond motifs is 1. The number of benzene rings is 1. The average Bonchev–Trinajstić information content (AvgIpc) is 2.97. The number of nitrogens with zero attached hydrogens (tertiary/aromatic N) is 2. The number of imidazole rings is 1. The summed E-state index contributed by atoms with van der Waals surface area (Å²) in [5, 5.41) is 3.51. The summed E-state index contributed by atoms with van der Waals surface area (Å²) >= 11 is 5.82. The minimum Gasteiger partial charge on any atom is -0.347 e. The van der Waals surface area contributed by atoms with Crippen molar-refractivity contribution in [2.45, 2.75) is 13.5 Å². The highest BCUT2D eigenvalue weighted by Gasteiger charge is 2.04. The first-order valence-electron chi connectivity index (χ1n) is 7.26. The number of nitrogens with one attached hydrogen (secondary N) is 1. The van der Waals surface area contributed by atoms with Crippen molar-refractivity contribution >= 4 is 29.2 Å². The van der Waals surface area contributed by atoms with Gasteiger partial charge in [0, 0.05) is 23.5 Å². The summed E-state index contributed by atoms with van der Waals surface area (Å²) in [4.78, 5) is 16.4. The lowest BCUT2D eigenvalue weighted by atomic mass is 10.2. The van der Waals surface area contributed by atoms with Crippen LogP contribution < -0.4 is 5.32 Å². The van der Waals surface area contributed by atoms with Gasteiger partial charge in [0.25, 0.3) is 0 Å². The van der Waals surface area contributed by atoms with Gasteiger partial charge >= 0.3 is 0 Å². The maximum Gasteiger partial charge on any atom is 0.244 e. The Kier molecular flexibility index (Phi) is 4.44. The standard InChI is InChI=1S/C18H16ClN3O/c1-13-3-2-10-22-12-16(21-18(13)22)11-20-17(23)9-6-14-4-7-15(19)8-5-14/h2-10,12H,11H2,1H3,(H,20,23)/b9-6+. The van der Waals surface area contributed by atoms with Crippen molar-refractivity contribution in [1.82, 2.24) is 14.7 Å². The van der Waals surface area contributed by atoms with Crippen molar-refractivity contribution in [2.75, 3.05) is 0 Å². The molecule has 0 atom stereocenters. The summed E-state index contributed by atoms with van der Waals surface area (Å²) in [6, 6.07) is 11.3. The fourth-order valence-electron chi connectivity index (χ4n) is 2.27. The molecule has 1 N–H and O–H groups in total. The summed E-state index contributed by atoms with van der Waals surface area (Å²) < 4.78 is 1.96. The molecule has 0 aliphatic heterocycles. The molecule has 0 aliphatic carbocycles. The predicted octanol–water partition coefficient (Wildman–Crippen LogP) is 3.63. The van der Waals surface area contributed by atoms with Gasteiger partial charge in [-0.3, -0.25) is 4.79 Å². The SMILES string of the molecule is Cc1cccn2cc(CNC(=O)/C=C/c3ccc(Cl)cc3)nc12. The topological polar surface area (TPSA) is 46.4 Å². The quantitative estimate of drug-likeness (QED) is 0.745. The first-order chi connectivity index (χ1) is 11.1. The molecule has 0 radical (unpaired) electrons. The molecule has 0 saturated carbocycles. The van der Waals surface area contributed by atoms with E-state index in [-0.39, 0.29) is 5.91 Å². The van der Waals surface area contributed by atoms with Gasteiger partial charge < -0.3 is 9.72 Å². The maximum absolute atomic E-state index is 11.9. The molecule has 0 fully saturated rings. The molecule has 23 heavy (non-hydrogen) atoms. The Balaban J connectivity index is 1.61.